The number of hydrogen-bond donors (Lipinski definition) is 1. The maximum absolute atomic E-state index is 13.4. The minimum atomic E-state index is -0.764. The van der Waals surface area contributed by atoms with Crippen molar-refractivity contribution >= 4 is 6.09 Å². The van der Waals surface area contributed by atoms with Crippen molar-refractivity contribution < 1.29 is 18.7 Å². The molecule has 3 rings (SSSR count). The molecule has 0 saturated carbocycles. The molecule has 2 aromatic rings. The van der Waals surface area contributed by atoms with E-state index >= 15 is 0 Å². The minimum absolute atomic E-state index is 0.126. The predicted octanol–water partition coefficient (Wildman–Crippen LogP) is 4.37. The Morgan fingerprint density at radius 3 is 2.46 bits per heavy atom. The van der Waals surface area contributed by atoms with Gasteiger partial charge in [-0.05, 0) is 61.7 Å². The number of cyclic esters (lactones) is 1. The first-order chi connectivity index (χ1) is 13.5. The highest BCUT2D eigenvalue weighted by Crippen LogP contribution is 2.40. The number of methoxy groups -OCH3 is 1. The monoisotopic (exact) mass is 386 g/mol. The number of nitrogens with zero attached hydrogens (tertiary/aromatic N) is 1. The lowest BCUT2D eigenvalue weighted by Gasteiger charge is -2.43. The van der Waals surface area contributed by atoms with Gasteiger partial charge in [-0.2, -0.15) is 0 Å². The normalized spacial score (nSPS) is 20.6. The Hall–Kier alpha value is -2.60. The van der Waals surface area contributed by atoms with Crippen molar-refractivity contribution in [3.63, 3.8) is 0 Å². The number of ether oxygens (including phenoxy) is 2. The average Bonchev–Trinajstić information content (AvgIpc) is 2.72. The Morgan fingerprint density at radius 2 is 1.89 bits per heavy atom. The molecule has 0 bridgehead atoms. The van der Waals surface area contributed by atoms with E-state index in [1.165, 1.54) is 12.1 Å². The summed E-state index contributed by atoms with van der Waals surface area (Å²) in [6.45, 7) is 3.04. The third-order valence-corrected chi connectivity index (χ3v) is 5.49. The summed E-state index contributed by atoms with van der Waals surface area (Å²) in [4.78, 5) is 14.7. The van der Waals surface area contributed by atoms with Crippen LogP contribution in [0.25, 0.3) is 0 Å². The van der Waals surface area contributed by atoms with E-state index in [1.54, 1.807) is 24.1 Å². The summed E-state index contributed by atoms with van der Waals surface area (Å²) in [6.07, 6.45) is 1.60. The fraction of sp³-hybridized carbons (Fsp3) is 0.409. The summed E-state index contributed by atoms with van der Waals surface area (Å²) in [6, 6.07) is 13.7. The van der Waals surface area contributed by atoms with Crippen LogP contribution in [0.15, 0.2) is 48.5 Å². The number of benzene rings is 2. The first-order valence-electron chi connectivity index (χ1n) is 9.59. The Bertz CT molecular complexity index is 794. The number of carbonyl (C=O) groups excluding carboxylic acids is 1. The average molecular weight is 386 g/mol. The molecular weight excluding hydrogens is 359 g/mol. The largest absolute Gasteiger partial charge is 0.497 e. The molecule has 2 atom stereocenters. The van der Waals surface area contributed by atoms with Gasteiger partial charge in [-0.3, -0.25) is 0 Å². The summed E-state index contributed by atoms with van der Waals surface area (Å²) >= 11 is 0. The van der Waals surface area contributed by atoms with E-state index in [1.807, 2.05) is 31.2 Å². The fourth-order valence-corrected chi connectivity index (χ4v) is 3.75. The van der Waals surface area contributed by atoms with Gasteiger partial charge in [0.15, 0.2) is 0 Å². The van der Waals surface area contributed by atoms with E-state index in [4.69, 9.17) is 15.2 Å². The zero-order chi connectivity index (χ0) is 20.1. The Kier molecular flexibility index (Phi) is 6.19. The molecule has 1 fully saturated rings. The molecule has 2 N–H and O–H groups in total. The standard InChI is InChI=1S/C22H27FN2O3/c1-16(17-4-10-20(27-2)11-5-17)25-15-13-22(12-3-14-24,28-21(25)26)18-6-8-19(23)9-7-18/h4-11,16H,3,12-15,24H2,1-2H3/t16-,22?/m0/s1. The second-order valence-corrected chi connectivity index (χ2v) is 7.15. The van der Waals surface area contributed by atoms with E-state index in [-0.39, 0.29) is 18.0 Å². The molecule has 1 heterocycles. The van der Waals surface area contributed by atoms with Gasteiger partial charge in [0, 0.05) is 13.0 Å². The van der Waals surface area contributed by atoms with Gasteiger partial charge in [0.25, 0.3) is 0 Å². The van der Waals surface area contributed by atoms with E-state index < -0.39 is 5.60 Å². The van der Waals surface area contributed by atoms with Crippen molar-refractivity contribution in [3.05, 3.63) is 65.5 Å². The van der Waals surface area contributed by atoms with Gasteiger partial charge >= 0.3 is 6.09 Å². The smallest absolute Gasteiger partial charge is 0.411 e. The number of hydrogen-bond acceptors (Lipinski definition) is 4. The summed E-state index contributed by atoms with van der Waals surface area (Å²) in [5.41, 5.74) is 6.75. The number of rotatable bonds is 7. The van der Waals surface area contributed by atoms with Crippen LogP contribution in [0.5, 0.6) is 5.75 Å². The highest BCUT2D eigenvalue weighted by molar-refractivity contribution is 5.70. The van der Waals surface area contributed by atoms with Gasteiger partial charge in [0.2, 0.25) is 0 Å². The summed E-state index contributed by atoms with van der Waals surface area (Å²) in [5, 5.41) is 0. The quantitative estimate of drug-likeness (QED) is 0.767. The molecular formula is C22H27FN2O3. The maximum atomic E-state index is 13.4. The molecule has 5 nitrogen and oxygen atoms in total. The molecule has 0 aliphatic carbocycles. The van der Waals surface area contributed by atoms with E-state index in [9.17, 15) is 9.18 Å². The van der Waals surface area contributed by atoms with Crippen LogP contribution in [-0.4, -0.2) is 31.2 Å². The van der Waals surface area contributed by atoms with Crippen molar-refractivity contribution in [2.75, 3.05) is 20.2 Å². The molecule has 6 heteroatoms. The van der Waals surface area contributed by atoms with Crippen LogP contribution in [0.3, 0.4) is 0 Å². The van der Waals surface area contributed by atoms with Crippen molar-refractivity contribution in [1.29, 1.82) is 0 Å². The van der Waals surface area contributed by atoms with Gasteiger partial charge in [-0.1, -0.05) is 24.3 Å². The van der Waals surface area contributed by atoms with E-state index in [0.29, 0.717) is 25.9 Å². The van der Waals surface area contributed by atoms with Gasteiger partial charge in [-0.25, -0.2) is 9.18 Å². The zero-order valence-corrected chi connectivity index (χ0v) is 16.4. The van der Waals surface area contributed by atoms with Gasteiger partial charge < -0.3 is 20.1 Å². The van der Waals surface area contributed by atoms with Crippen LogP contribution < -0.4 is 10.5 Å². The SMILES string of the molecule is COc1ccc([C@H](C)N2CCC(CCCN)(c3ccc(F)cc3)OC2=O)cc1. The second-order valence-electron chi connectivity index (χ2n) is 7.15. The van der Waals surface area contributed by atoms with Crippen molar-refractivity contribution in [2.24, 2.45) is 5.73 Å². The summed E-state index contributed by atoms with van der Waals surface area (Å²) in [5.74, 6) is 0.462. The first-order valence-corrected chi connectivity index (χ1v) is 9.59. The first kappa shape index (κ1) is 20.1. The maximum Gasteiger partial charge on any atom is 0.411 e. The third-order valence-electron chi connectivity index (χ3n) is 5.49. The number of nitrogens with two attached hydrogens (primary N) is 1. The molecule has 150 valence electrons. The number of halogens is 1. The third kappa shape index (κ3) is 4.12. The molecule has 28 heavy (non-hydrogen) atoms. The van der Waals surface area contributed by atoms with Crippen LogP contribution in [0.2, 0.25) is 0 Å². The molecule has 2 aromatic carbocycles. The van der Waals surface area contributed by atoms with Gasteiger partial charge in [0.05, 0.1) is 13.2 Å². The summed E-state index contributed by atoms with van der Waals surface area (Å²) < 4.78 is 24.6. The van der Waals surface area contributed by atoms with Crippen LogP contribution in [0, 0.1) is 5.82 Å². The molecule has 1 aliphatic rings. The lowest BCUT2D eigenvalue weighted by molar-refractivity contribution is -0.0661. The highest BCUT2D eigenvalue weighted by Gasteiger charge is 2.43. The van der Waals surface area contributed by atoms with Gasteiger partial charge in [0.1, 0.15) is 17.2 Å². The van der Waals surface area contributed by atoms with E-state index in [2.05, 4.69) is 0 Å². The Morgan fingerprint density at radius 1 is 1.21 bits per heavy atom. The van der Waals surface area contributed by atoms with Crippen LogP contribution >= 0.6 is 0 Å². The van der Waals surface area contributed by atoms with Crippen LogP contribution in [0.1, 0.15) is 43.4 Å². The Labute approximate surface area is 165 Å². The number of amides is 1. The number of carbonyl (C=O) groups is 1. The zero-order valence-electron chi connectivity index (χ0n) is 16.4. The molecule has 1 amide bonds. The van der Waals surface area contributed by atoms with Crippen molar-refractivity contribution in [1.82, 2.24) is 4.90 Å². The molecule has 1 saturated heterocycles. The molecule has 0 radical (unpaired) electrons. The minimum Gasteiger partial charge on any atom is -0.497 e. The molecule has 0 aromatic heterocycles. The lowest BCUT2D eigenvalue weighted by Crippen LogP contribution is -2.48. The molecule has 1 unspecified atom stereocenters. The predicted molar refractivity (Wildman–Crippen MR) is 106 cm³/mol. The molecule has 0 spiro atoms. The van der Waals surface area contributed by atoms with Crippen molar-refractivity contribution in [3.8, 4) is 5.75 Å². The highest BCUT2D eigenvalue weighted by atomic mass is 19.1. The summed E-state index contributed by atoms with van der Waals surface area (Å²) in [7, 11) is 1.62. The Balaban J connectivity index is 1.80. The van der Waals surface area contributed by atoms with Crippen molar-refractivity contribution in [2.45, 2.75) is 37.8 Å². The topological polar surface area (TPSA) is 64.8 Å². The lowest BCUT2D eigenvalue weighted by atomic mass is 9.84. The van der Waals surface area contributed by atoms with E-state index in [0.717, 1.165) is 23.3 Å². The fourth-order valence-electron chi connectivity index (χ4n) is 3.75. The second kappa shape index (κ2) is 8.61. The van der Waals surface area contributed by atoms with Crippen LogP contribution in [0.4, 0.5) is 9.18 Å². The van der Waals surface area contributed by atoms with Gasteiger partial charge in [-0.15, -0.1) is 0 Å². The van der Waals surface area contributed by atoms with Crippen LogP contribution in [-0.2, 0) is 10.3 Å². The molecule has 1 aliphatic heterocycles.